The van der Waals surface area contributed by atoms with Crippen LogP contribution in [0.15, 0.2) is 30.3 Å². The third-order valence-electron chi connectivity index (χ3n) is 6.83. The fourth-order valence-corrected chi connectivity index (χ4v) is 5.27. The molecule has 1 saturated heterocycles. The van der Waals surface area contributed by atoms with E-state index in [9.17, 15) is 0 Å². The Bertz CT molecular complexity index is 932. The van der Waals surface area contributed by atoms with Gasteiger partial charge in [0.1, 0.15) is 5.82 Å². The van der Waals surface area contributed by atoms with E-state index in [1.807, 2.05) is 18.2 Å². The molecule has 2 N–H and O–H groups in total. The van der Waals surface area contributed by atoms with E-state index in [4.69, 9.17) is 33.5 Å². The van der Waals surface area contributed by atoms with Crippen molar-refractivity contribution in [3.63, 3.8) is 0 Å². The standard InChI is InChI=1S/C24H32ClN5OS/c1-17-7-3-6-14-30(17)20-15-21(31-2)28-22(27-20)29-23(32)26-16-24(12-4-5-13-24)18-8-10-19(25)11-9-18/h8-11,15,17H,3-7,12-14,16H2,1-2H3,(H2,26,27,28,29,32)/t17-/m1/s1. The number of halogens is 1. The average molecular weight is 474 g/mol. The van der Waals surface area contributed by atoms with E-state index in [-0.39, 0.29) is 5.41 Å². The number of hydrogen-bond donors (Lipinski definition) is 2. The maximum absolute atomic E-state index is 6.11. The van der Waals surface area contributed by atoms with Gasteiger partial charge >= 0.3 is 0 Å². The first-order valence-corrected chi connectivity index (χ1v) is 12.3. The molecule has 2 heterocycles. The molecule has 0 bridgehead atoms. The number of methoxy groups -OCH3 is 1. The molecule has 1 atom stereocenters. The molecule has 2 aliphatic rings. The van der Waals surface area contributed by atoms with Crippen LogP contribution >= 0.6 is 23.8 Å². The van der Waals surface area contributed by atoms with Crippen molar-refractivity contribution >= 4 is 40.7 Å². The number of piperidine rings is 1. The highest BCUT2D eigenvalue weighted by atomic mass is 35.5. The molecule has 4 rings (SSSR count). The van der Waals surface area contributed by atoms with E-state index in [1.165, 1.54) is 37.7 Å². The highest BCUT2D eigenvalue weighted by Crippen LogP contribution is 2.41. The summed E-state index contributed by atoms with van der Waals surface area (Å²) in [6, 6.07) is 10.6. The molecule has 1 aliphatic heterocycles. The molecule has 0 spiro atoms. The summed E-state index contributed by atoms with van der Waals surface area (Å²) < 4.78 is 5.44. The fourth-order valence-electron chi connectivity index (χ4n) is 4.98. The van der Waals surface area contributed by atoms with E-state index >= 15 is 0 Å². The van der Waals surface area contributed by atoms with Crippen molar-refractivity contribution in [3.05, 3.63) is 40.9 Å². The molecular weight excluding hydrogens is 442 g/mol. The highest BCUT2D eigenvalue weighted by Gasteiger charge is 2.35. The second-order valence-corrected chi connectivity index (χ2v) is 9.78. The van der Waals surface area contributed by atoms with Crippen molar-refractivity contribution in [2.45, 2.75) is 63.3 Å². The first-order valence-electron chi connectivity index (χ1n) is 11.5. The molecule has 8 heteroatoms. The lowest BCUT2D eigenvalue weighted by atomic mass is 9.79. The van der Waals surface area contributed by atoms with Crippen LogP contribution in [-0.2, 0) is 5.41 Å². The molecule has 1 aromatic heterocycles. The van der Waals surface area contributed by atoms with E-state index in [0.29, 0.717) is 23.0 Å². The number of thiocarbonyl (C=S) groups is 1. The zero-order chi connectivity index (χ0) is 22.6. The Morgan fingerprint density at radius 1 is 1.19 bits per heavy atom. The number of nitrogens with zero attached hydrogens (tertiary/aromatic N) is 3. The number of ether oxygens (including phenoxy) is 1. The number of benzene rings is 1. The molecular formula is C24H32ClN5OS. The topological polar surface area (TPSA) is 62.3 Å². The van der Waals surface area contributed by atoms with Crippen LogP contribution < -0.4 is 20.3 Å². The Morgan fingerprint density at radius 2 is 1.94 bits per heavy atom. The van der Waals surface area contributed by atoms with Gasteiger partial charge < -0.3 is 20.3 Å². The summed E-state index contributed by atoms with van der Waals surface area (Å²) in [6.07, 6.45) is 8.32. The molecule has 0 amide bonds. The van der Waals surface area contributed by atoms with E-state index in [1.54, 1.807) is 7.11 Å². The Kier molecular flexibility index (Phi) is 7.36. The average Bonchev–Trinajstić information content (AvgIpc) is 3.28. The van der Waals surface area contributed by atoms with Gasteiger partial charge in [0.05, 0.1) is 7.11 Å². The third kappa shape index (κ3) is 5.26. The van der Waals surface area contributed by atoms with Crippen LogP contribution in [0.3, 0.4) is 0 Å². The summed E-state index contributed by atoms with van der Waals surface area (Å²) >= 11 is 11.7. The Labute approximate surface area is 201 Å². The number of anilines is 2. The van der Waals surface area contributed by atoms with Gasteiger partial charge in [-0.1, -0.05) is 36.6 Å². The summed E-state index contributed by atoms with van der Waals surface area (Å²) in [5.74, 6) is 1.87. The van der Waals surface area contributed by atoms with Crippen LogP contribution in [-0.4, -0.2) is 41.3 Å². The largest absolute Gasteiger partial charge is 0.481 e. The number of rotatable bonds is 6. The van der Waals surface area contributed by atoms with Gasteiger partial charge in [0.2, 0.25) is 11.8 Å². The van der Waals surface area contributed by atoms with Crippen LogP contribution in [0.25, 0.3) is 0 Å². The summed E-state index contributed by atoms with van der Waals surface area (Å²) in [5.41, 5.74) is 1.38. The first-order chi connectivity index (χ1) is 15.5. The predicted octanol–water partition coefficient (Wildman–Crippen LogP) is 5.32. The van der Waals surface area contributed by atoms with Gasteiger partial charge in [-0.3, -0.25) is 0 Å². The Morgan fingerprint density at radius 3 is 2.62 bits per heavy atom. The van der Waals surface area contributed by atoms with Gasteiger partial charge in [-0.2, -0.15) is 9.97 Å². The second kappa shape index (κ2) is 10.2. The normalized spacial score (nSPS) is 20.1. The van der Waals surface area contributed by atoms with Crippen molar-refractivity contribution < 1.29 is 4.74 Å². The van der Waals surface area contributed by atoms with Crippen LogP contribution in [0.4, 0.5) is 11.8 Å². The van der Waals surface area contributed by atoms with Crippen LogP contribution in [0.1, 0.15) is 57.4 Å². The van der Waals surface area contributed by atoms with Crippen molar-refractivity contribution in [1.82, 2.24) is 15.3 Å². The molecule has 2 aromatic rings. The maximum Gasteiger partial charge on any atom is 0.234 e. The molecule has 2 fully saturated rings. The zero-order valence-electron chi connectivity index (χ0n) is 18.9. The molecule has 0 radical (unpaired) electrons. The highest BCUT2D eigenvalue weighted by molar-refractivity contribution is 7.80. The van der Waals surface area contributed by atoms with Crippen molar-refractivity contribution in [2.24, 2.45) is 0 Å². The molecule has 1 saturated carbocycles. The second-order valence-electron chi connectivity index (χ2n) is 8.93. The number of hydrogen-bond acceptors (Lipinski definition) is 5. The van der Waals surface area contributed by atoms with Gasteiger partial charge in [0.15, 0.2) is 5.11 Å². The molecule has 32 heavy (non-hydrogen) atoms. The summed E-state index contributed by atoms with van der Waals surface area (Å²) in [4.78, 5) is 11.5. The Hall–Kier alpha value is -2.12. The fraction of sp³-hybridized carbons (Fsp3) is 0.542. The van der Waals surface area contributed by atoms with Gasteiger partial charge in [0.25, 0.3) is 0 Å². The Balaban J connectivity index is 1.45. The molecule has 172 valence electrons. The van der Waals surface area contributed by atoms with Crippen LogP contribution in [0, 0.1) is 0 Å². The van der Waals surface area contributed by atoms with Crippen LogP contribution in [0.2, 0.25) is 5.02 Å². The van der Waals surface area contributed by atoms with Crippen LogP contribution in [0.5, 0.6) is 5.88 Å². The van der Waals surface area contributed by atoms with Crippen molar-refractivity contribution in [1.29, 1.82) is 0 Å². The van der Waals surface area contributed by atoms with Gasteiger partial charge in [0, 0.05) is 35.6 Å². The van der Waals surface area contributed by atoms with E-state index < -0.39 is 0 Å². The molecule has 1 aliphatic carbocycles. The SMILES string of the molecule is COc1cc(N2CCCC[C@H]2C)nc(NC(=S)NCC2(c3ccc(Cl)cc3)CCCC2)n1. The zero-order valence-corrected chi connectivity index (χ0v) is 20.4. The minimum atomic E-state index is 0.0694. The smallest absolute Gasteiger partial charge is 0.234 e. The summed E-state index contributed by atoms with van der Waals surface area (Å²) in [6.45, 7) is 4.00. The number of nitrogens with one attached hydrogen (secondary N) is 2. The molecule has 1 aromatic carbocycles. The minimum absolute atomic E-state index is 0.0694. The van der Waals surface area contributed by atoms with E-state index in [2.05, 4.69) is 39.6 Å². The van der Waals surface area contributed by atoms with Gasteiger partial charge in [-0.05, 0) is 68.9 Å². The third-order valence-corrected chi connectivity index (χ3v) is 7.32. The lowest BCUT2D eigenvalue weighted by Crippen LogP contribution is -2.41. The lowest BCUT2D eigenvalue weighted by Gasteiger charge is -2.34. The number of aromatic nitrogens is 2. The molecule has 0 unspecified atom stereocenters. The van der Waals surface area contributed by atoms with Gasteiger partial charge in [-0.15, -0.1) is 0 Å². The monoisotopic (exact) mass is 473 g/mol. The quantitative estimate of drug-likeness (QED) is 0.551. The summed E-state index contributed by atoms with van der Waals surface area (Å²) in [7, 11) is 1.63. The van der Waals surface area contributed by atoms with E-state index in [0.717, 1.165) is 36.8 Å². The predicted molar refractivity (Wildman–Crippen MR) is 135 cm³/mol. The van der Waals surface area contributed by atoms with Crippen molar-refractivity contribution in [2.75, 3.05) is 30.4 Å². The molecule has 6 nitrogen and oxygen atoms in total. The lowest BCUT2D eigenvalue weighted by molar-refractivity contribution is 0.396. The summed E-state index contributed by atoms with van der Waals surface area (Å²) in [5, 5.41) is 7.90. The van der Waals surface area contributed by atoms with Gasteiger partial charge in [-0.25, -0.2) is 0 Å². The first kappa shape index (κ1) is 23.1. The minimum Gasteiger partial charge on any atom is -0.481 e. The maximum atomic E-state index is 6.11. The van der Waals surface area contributed by atoms with Crippen molar-refractivity contribution in [3.8, 4) is 5.88 Å².